The Kier molecular flexibility index (Phi) is 9.77. The van der Waals surface area contributed by atoms with Crippen molar-refractivity contribution in [2.45, 2.75) is 51.6 Å². The molecule has 2 aliphatic rings. The Labute approximate surface area is 185 Å². The number of piperidine rings is 1. The monoisotopic (exact) mass is 504 g/mol. The number of hydrogen-bond acceptors (Lipinski definition) is 3. The van der Waals surface area contributed by atoms with Gasteiger partial charge in [-0.1, -0.05) is 18.9 Å². The molecule has 1 heterocycles. The Balaban J connectivity index is 0.00000280. The van der Waals surface area contributed by atoms with Gasteiger partial charge in [-0.25, -0.2) is 4.39 Å². The molecular weight excluding hydrogens is 470 g/mol. The number of methoxy groups -OCH3 is 1. The Bertz CT molecular complexity index is 631. The van der Waals surface area contributed by atoms with Gasteiger partial charge < -0.3 is 15.4 Å². The van der Waals surface area contributed by atoms with Crippen LogP contribution in [-0.2, 0) is 6.54 Å². The van der Waals surface area contributed by atoms with Crippen LogP contribution in [0.1, 0.15) is 44.6 Å². The van der Waals surface area contributed by atoms with Crippen molar-refractivity contribution in [2.24, 2.45) is 10.9 Å². The number of benzene rings is 1. The van der Waals surface area contributed by atoms with Gasteiger partial charge in [-0.05, 0) is 49.8 Å². The minimum absolute atomic E-state index is 0. The van der Waals surface area contributed by atoms with Crippen LogP contribution in [0.2, 0.25) is 0 Å². The van der Waals surface area contributed by atoms with Crippen molar-refractivity contribution < 1.29 is 9.13 Å². The number of aliphatic imine (C=N–C) groups is 1. The second kappa shape index (κ2) is 11.8. The van der Waals surface area contributed by atoms with Gasteiger partial charge in [0.05, 0.1) is 7.11 Å². The molecule has 1 aromatic rings. The fraction of sp³-hybridized carbons (Fsp3) is 0.667. The molecule has 0 amide bonds. The molecule has 5 nitrogen and oxygen atoms in total. The molecule has 0 bridgehead atoms. The van der Waals surface area contributed by atoms with Crippen LogP contribution in [0.4, 0.5) is 4.39 Å². The summed E-state index contributed by atoms with van der Waals surface area (Å²) in [7, 11) is 1.49. The van der Waals surface area contributed by atoms with Gasteiger partial charge >= 0.3 is 0 Å². The van der Waals surface area contributed by atoms with Gasteiger partial charge in [0.2, 0.25) is 0 Å². The minimum Gasteiger partial charge on any atom is -0.494 e. The van der Waals surface area contributed by atoms with Gasteiger partial charge in [-0.15, -0.1) is 24.0 Å². The first kappa shape index (κ1) is 23.2. The number of nitrogens with zero attached hydrogens (tertiary/aromatic N) is 2. The van der Waals surface area contributed by atoms with Crippen LogP contribution in [-0.4, -0.2) is 50.2 Å². The van der Waals surface area contributed by atoms with E-state index in [0.29, 0.717) is 11.8 Å². The summed E-state index contributed by atoms with van der Waals surface area (Å²) in [6, 6.07) is 5.69. The average molecular weight is 504 g/mol. The number of likely N-dealkylation sites (tertiary alicyclic amines) is 1. The van der Waals surface area contributed by atoms with Crippen molar-refractivity contribution >= 4 is 29.9 Å². The van der Waals surface area contributed by atoms with Crippen molar-refractivity contribution in [3.8, 4) is 5.75 Å². The maximum Gasteiger partial charge on any atom is 0.191 e. The zero-order valence-corrected chi connectivity index (χ0v) is 19.4. The molecule has 1 saturated heterocycles. The third kappa shape index (κ3) is 7.39. The Morgan fingerprint density at radius 3 is 2.61 bits per heavy atom. The lowest BCUT2D eigenvalue weighted by Gasteiger charge is -2.33. The van der Waals surface area contributed by atoms with Crippen molar-refractivity contribution in [1.82, 2.24) is 15.5 Å². The van der Waals surface area contributed by atoms with Crippen LogP contribution in [0.15, 0.2) is 23.2 Å². The maximum atomic E-state index is 13.9. The summed E-state index contributed by atoms with van der Waals surface area (Å²) in [5, 5.41) is 6.96. The highest BCUT2D eigenvalue weighted by Gasteiger charge is 2.22. The maximum absolute atomic E-state index is 13.9. The molecule has 7 heteroatoms. The number of rotatable bonds is 8. The summed E-state index contributed by atoms with van der Waals surface area (Å²) in [4.78, 5) is 7.11. The highest BCUT2D eigenvalue weighted by atomic mass is 127. The summed E-state index contributed by atoms with van der Waals surface area (Å²) in [5.41, 5.74) is 0.995. The van der Waals surface area contributed by atoms with Gasteiger partial charge in [0.1, 0.15) is 0 Å². The second-order valence-corrected chi connectivity index (χ2v) is 7.66. The molecule has 0 radical (unpaired) electrons. The van der Waals surface area contributed by atoms with Crippen LogP contribution in [0.3, 0.4) is 0 Å². The molecule has 1 aliphatic carbocycles. The number of hydrogen-bond donors (Lipinski definition) is 2. The molecule has 0 aromatic heterocycles. The fourth-order valence-electron chi connectivity index (χ4n) is 3.58. The number of guanidine groups is 1. The molecule has 158 valence electrons. The predicted octanol–water partition coefficient (Wildman–Crippen LogP) is 3.77. The van der Waals surface area contributed by atoms with E-state index in [1.165, 1.54) is 26.4 Å². The number of nitrogens with one attached hydrogen (secondary N) is 2. The lowest BCUT2D eigenvalue weighted by atomic mass is 10.0. The van der Waals surface area contributed by atoms with Crippen molar-refractivity contribution in [1.29, 1.82) is 0 Å². The molecule has 1 aliphatic heterocycles. The molecule has 28 heavy (non-hydrogen) atoms. The molecule has 2 N–H and O–H groups in total. The zero-order chi connectivity index (χ0) is 19.1. The van der Waals surface area contributed by atoms with E-state index < -0.39 is 0 Å². The van der Waals surface area contributed by atoms with Gasteiger partial charge in [-0.2, -0.15) is 0 Å². The van der Waals surface area contributed by atoms with Crippen LogP contribution >= 0.6 is 24.0 Å². The summed E-state index contributed by atoms with van der Waals surface area (Å²) in [5.74, 6) is 1.89. The Morgan fingerprint density at radius 2 is 2.00 bits per heavy atom. The largest absolute Gasteiger partial charge is 0.494 e. The van der Waals surface area contributed by atoms with Crippen molar-refractivity contribution in [3.05, 3.63) is 29.6 Å². The van der Waals surface area contributed by atoms with Crippen molar-refractivity contribution in [3.63, 3.8) is 0 Å². The zero-order valence-electron chi connectivity index (χ0n) is 17.0. The van der Waals surface area contributed by atoms with E-state index in [1.54, 1.807) is 12.1 Å². The SMILES string of the molecule is CCNC(=NCCC1CC1)NC1CCN(Cc2ccc(OC)c(F)c2)CC1.I. The van der Waals surface area contributed by atoms with E-state index in [4.69, 9.17) is 9.73 Å². The van der Waals surface area contributed by atoms with E-state index in [9.17, 15) is 4.39 Å². The molecular formula is C21H34FIN4O. The fourth-order valence-corrected chi connectivity index (χ4v) is 3.58. The van der Waals surface area contributed by atoms with Gasteiger partial charge in [0.15, 0.2) is 17.5 Å². The van der Waals surface area contributed by atoms with Crippen LogP contribution < -0.4 is 15.4 Å². The molecule has 1 saturated carbocycles. The third-order valence-electron chi connectivity index (χ3n) is 5.40. The molecule has 1 aromatic carbocycles. The molecule has 0 atom stereocenters. The van der Waals surface area contributed by atoms with Crippen molar-refractivity contribution in [2.75, 3.05) is 33.3 Å². The molecule has 2 fully saturated rings. The molecule has 3 rings (SSSR count). The minimum atomic E-state index is -0.288. The topological polar surface area (TPSA) is 48.9 Å². The quantitative estimate of drug-likeness (QED) is 0.322. The average Bonchev–Trinajstić information content (AvgIpc) is 3.48. The highest BCUT2D eigenvalue weighted by Crippen LogP contribution is 2.32. The number of ether oxygens (including phenoxy) is 1. The molecule has 0 unspecified atom stereocenters. The van der Waals surface area contributed by atoms with E-state index in [-0.39, 0.29) is 29.8 Å². The van der Waals surface area contributed by atoms with Gasteiger partial charge in [0, 0.05) is 38.8 Å². The first-order valence-corrected chi connectivity index (χ1v) is 10.3. The summed E-state index contributed by atoms with van der Waals surface area (Å²) < 4.78 is 18.9. The Morgan fingerprint density at radius 1 is 1.25 bits per heavy atom. The predicted molar refractivity (Wildman–Crippen MR) is 123 cm³/mol. The van der Waals surface area contributed by atoms with Gasteiger partial charge in [-0.3, -0.25) is 9.89 Å². The summed E-state index contributed by atoms with van der Waals surface area (Å²) in [6.45, 7) is 6.70. The van der Waals surface area contributed by atoms with E-state index >= 15 is 0 Å². The third-order valence-corrected chi connectivity index (χ3v) is 5.40. The van der Waals surface area contributed by atoms with Crippen LogP contribution in [0.5, 0.6) is 5.75 Å². The van der Waals surface area contributed by atoms with E-state index in [1.807, 2.05) is 6.07 Å². The van der Waals surface area contributed by atoms with E-state index in [0.717, 1.165) is 63.0 Å². The van der Waals surface area contributed by atoms with E-state index in [2.05, 4.69) is 22.5 Å². The first-order chi connectivity index (χ1) is 13.2. The van der Waals surface area contributed by atoms with Crippen LogP contribution in [0.25, 0.3) is 0 Å². The van der Waals surface area contributed by atoms with Gasteiger partial charge in [0.25, 0.3) is 0 Å². The molecule has 0 spiro atoms. The normalized spacial score (nSPS) is 18.5. The smallest absolute Gasteiger partial charge is 0.191 e. The first-order valence-electron chi connectivity index (χ1n) is 10.3. The number of halogens is 2. The summed E-state index contributed by atoms with van der Waals surface area (Å²) in [6.07, 6.45) is 6.14. The van der Waals surface area contributed by atoms with Crippen LogP contribution in [0, 0.1) is 11.7 Å². The standard InChI is InChI=1S/C21H33FN4O.HI/c1-3-23-21(24-11-8-16-4-5-16)25-18-9-12-26(13-10-18)15-17-6-7-20(27-2)19(22)14-17;/h6-7,14,16,18H,3-5,8-13,15H2,1-2H3,(H2,23,24,25);1H. The lowest BCUT2D eigenvalue weighted by molar-refractivity contribution is 0.198. The Hall–Kier alpha value is -1.09. The summed E-state index contributed by atoms with van der Waals surface area (Å²) >= 11 is 0. The second-order valence-electron chi connectivity index (χ2n) is 7.66. The highest BCUT2D eigenvalue weighted by molar-refractivity contribution is 14.0. The lowest BCUT2D eigenvalue weighted by Crippen LogP contribution is -2.48.